The van der Waals surface area contributed by atoms with E-state index in [0.29, 0.717) is 39.1 Å². The predicted octanol–water partition coefficient (Wildman–Crippen LogP) is 3.01. The summed E-state index contributed by atoms with van der Waals surface area (Å²) < 4.78 is 17.4. The Hall–Kier alpha value is -2.32. The standard InChI is InChI=1S/C19H16Cl2N2O5/c20-12-4-14-18(15(21)5-12)22-9-23(19(14)25)6-13(24)8-26-7-11-1-2-16-17(3-11)28-10-27-16/h1-5,9,13,24H,6-8,10H2/t13-/m0/s1. The molecule has 1 aliphatic heterocycles. The molecule has 1 aliphatic rings. The van der Waals surface area contributed by atoms with Gasteiger partial charge in [0.25, 0.3) is 5.56 Å². The zero-order valence-electron chi connectivity index (χ0n) is 14.6. The molecule has 0 saturated carbocycles. The summed E-state index contributed by atoms with van der Waals surface area (Å²) in [6, 6.07) is 8.55. The fourth-order valence-corrected chi connectivity index (χ4v) is 3.49. The fourth-order valence-electron chi connectivity index (χ4n) is 2.95. The van der Waals surface area contributed by atoms with Gasteiger partial charge in [0.2, 0.25) is 6.79 Å². The number of nitrogens with zero attached hydrogens (tertiary/aromatic N) is 2. The minimum Gasteiger partial charge on any atom is -0.454 e. The number of hydrogen-bond donors (Lipinski definition) is 1. The molecule has 1 N–H and O–H groups in total. The first-order valence-electron chi connectivity index (χ1n) is 8.50. The molecular weight excluding hydrogens is 407 g/mol. The monoisotopic (exact) mass is 422 g/mol. The number of ether oxygens (including phenoxy) is 3. The minimum atomic E-state index is -0.888. The third-order valence-electron chi connectivity index (χ3n) is 4.27. The zero-order valence-corrected chi connectivity index (χ0v) is 16.1. The lowest BCUT2D eigenvalue weighted by Gasteiger charge is -2.14. The van der Waals surface area contributed by atoms with Crippen LogP contribution in [-0.2, 0) is 17.9 Å². The number of rotatable bonds is 6. The van der Waals surface area contributed by atoms with E-state index in [1.165, 1.54) is 23.0 Å². The highest BCUT2D eigenvalue weighted by atomic mass is 35.5. The van der Waals surface area contributed by atoms with Crippen molar-refractivity contribution in [1.82, 2.24) is 9.55 Å². The van der Waals surface area contributed by atoms with Gasteiger partial charge in [-0.15, -0.1) is 0 Å². The van der Waals surface area contributed by atoms with E-state index < -0.39 is 6.10 Å². The molecule has 1 atom stereocenters. The van der Waals surface area contributed by atoms with E-state index >= 15 is 0 Å². The van der Waals surface area contributed by atoms with Gasteiger partial charge >= 0.3 is 0 Å². The highest BCUT2D eigenvalue weighted by Crippen LogP contribution is 2.32. The Balaban J connectivity index is 1.39. The molecule has 2 heterocycles. The van der Waals surface area contributed by atoms with E-state index in [2.05, 4.69) is 4.98 Å². The molecule has 0 aliphatic carbocycles. The Morgan fingerprint density at radius 1 is 1.21 bits per heavy atom. The SMILES string of the molecule is O=c1c2cc(Cl)cc(Cl)c2ncn1C[C@H](O)COCc1ccc2c(c1)OCO2. The first kappa shape index (κ1) is 19.0. The lowest BCUT2D eigenvalue weighted by molar-refractivity contribution is 0.0198. The molecule has 1 aromatic heterocycles. The van der Waals surface area contributed by atoms with Crippen LogP contribution in [0.25, 0.3) is 10.9 Å². The summed E-state index contributed by atoms with van der Waals surface area (Å²) >= 11 is 12.0. The van der Waals surface area contributed by atoms with Crippen LogP contribution in [-0.4, -0.2) is 34.2 Å². The van der Waals surface area contributed by atoms with Crippen LogP contribution in [0.5, 0.6) is 11.5 Å². The molecule has 0 fully saturated rings. The van der Waals surface area contributed by atoms with Crippen molar-refractivity contribution in [3.63, 3.8) is 0 Å². The maximum absolute atomic E-state index is 12.6. The van der Waals surface area contributed by atoms with Crippen molar-refractivity contribution in [1.29, 1.82) is 0 Å². The summed E-state index contributed by atoms with van der Waals surface area (Å²) in [7, 11) is 0. The summed E-state index contributed by atoms with van der Waals surface area (Å²) in [5, 5.41) is 11.2. The van der Waals surface area contributed by atoms with Crippen LogP contribution in [0, 0.1) is 0 Å². The van der Waals surface area contributed by atoms with Crippen molar-refractivity contribution in [3.8, 4) is 11.5 Å². The molecule has 2 aromatic carbocycles. The molecular formula is C19H16Cl2N2O5. The number of aromatic nitrogens is 2. The summed E-state index contributed by atoms with van der Waals surface area (Å²) in [5.74, 6) is 1.37. The van der Waals surface area contributed by atoms with Crippen LogP contribution >= 0.6 is 23.2 Å². The Bertz CT molecular complexity index is 1090. The van der Waals surface area contributed by atoms with Gasteiger partial charge in [-0.1, -0.05) is 29.3 Å². The molecule has 0 unspecified atom stereocenters. The summed E-state index contributed by atoms with van der Waals surface area (Å²) in [5.41, 5.74) is 0.940. The molecule has 0 bridgehead atoms. The van der Waals surface area contributed by atoms with Crippen molar-refractivity contribution in [2.75, 3.05) is 13.4 Å². The van der Waals surface area contributed by atoms with Gasteiger partial charge in [-0.2, -0.15) is 0 Å². The van der Waals surface area contributed by atoms with E-state index in [1.807, 2.05) is 18.2 Å². The molecule has 0 spiro atoms. The van der Waals surface area contributed by atoms with Gasteiger partial charge in [0.1, 0.15) is 0 Å². The van der Waals surface area contributed by atoms with E-state index in [4.69, 9.17) is 37.4 Å². The first-order chi connectivity index (χ1) is 13.5. The third-order valence-corrected chi connectivity index (χ3v) is 4.78. The predicted molar refractivity (Wildman–Crippen MR) is 104 cm³/mol. The number of aliphatic hydroxyl groups is 1. The molecule has 9 heteroatoms. The van der Waals surface area contributed by atoms with E-state index in [-0.39, 0.29) is 25.5 Å². The van der Waals surface area contributed by atoms with Crippen LogP contribution in [0.1, 0.15) is 5.56 Å². The largest absolute Gasteiger partial charge is 0.454 e. The summed E-state index contributed by atoms with van der Waals surface area (Å²) in [6.07, 6.45) is 0.464. The second kappa shape index (κ2) is 7.97. The van der Waals surface area contributed by atoms with Gasteiger partial charge in [-0.25, -0.2) is 4.98 Å². The van der Waals surface area contributed by atoms with E-state index in [9.17, 15) is 9.90 Å². The van der Waals surface area contributed by atoms with Gasteiger partial charge < -0.3 is 19.3 Å². The molecule has 0 saturated heterocycles. The lowest BCUT2D eigenvalue weighted by Crippen LogP contribution is -2.29. The normalized spacial score (nSPS) is 13.8. The fraction of sp³-hybridized carbons (Fsp3) is 0.263. The lowest BCUT2D eigenvalue weighted by atomic mass is 10.2. The van der Waals surface area contributed by atoms with Gasteiger partial charge in [0, 0.05) is 5.02 Å². The topological polar surface area (TPSA) is 82.8 Å². The number of fused-ring (bicyclic) bond motifs is 2. The molecule has 0 amide bonds. The summed E-state index contributed by atoms with van der Waals surface area (Å²) in [6.45, 7) is 0.593. The highest BCUT2D eigenvalue weighted by Gasteiger charge is 2.14. The van der Waals surface area contributed by atoms with Gasteiger partial charge in [0.05, 0.1) is 48.1 Å². The number of hydrogen-bond acceptors (Lipinski definition) is 6. The van der Waals surface area contributed by atoms with Crippen LogP contribution in [0.15, 0.2) is 41.5 Å². The van der Waals surface area contributed by atoms with Crippen LogP contribution in [0.4, 0.5) is 0 Å². The minimum absolute atomic E-state index is 0.0348. The van der Waals surface area contributed by atoms with Crippen molar-refractivity contribution in [3.05, 3.63) is 62.6 Å². The van der Waals surface area contributed by atoms with Gasteiger partial charge in [-0.3, -0.25) is 9.36 Å². The van der Waals surface area contributed by atoms with Crippen molar-refractivity contribution in [2.45, 2.75) is 19.3 Å². The second-order valence-corrected chi connectivity index (χ2v) is 7.19. The number of aliphatic hydroxyl groups excluding tert-OH is 1. The molecule has 28 heavy (non-hydrogen) atoms. The Morgan fingerprint density at radius 3 is 2.89 bits per heavy atom. The Kier molecular flexibility index (Phi) is 5.41. The number of benzene rings is 2. The van der Waals surface area contributed by atoms with Crippen LogP contribution in [0.3, 0.4) is 0 Å². The average molecular weight is 423 g/mol. The molecule has 7 nitrogen and oxygen atoms in total. The smallest absolute Gasteiger partial charge is 0.261 e. The van der Waals surface area contributed by atoms with Gasteiger partial charge in [-0.05, 0) is 29.8 Å². The second-order valence-electron chi connectivity index (χ2n) is 6.34. The number of halogens is 2. The Labute approximate surface area is 170 Å². The molecule has 0 radical (unpaired) electrons. The van der Waals surface area contributed by atoms with Gasteiger partial charge in [0.15, 0.2) is 11.5 Å². The van der Waals surface area contributed by atoms with Crippen molar-refractivity contribution >= 4 is 34.1 Å². The first-order valence-corrected chi connectivity index (χ1v) is 9.25. The van der Waals surface area contributed by atoms with Crippen LogP contribution < -0.4 is 15.0 Å². The van der Waals surface area contributed by atoms with Crippen molar-refractivity contribution < 1.29 is 19.3 Å². The van der Waals surface area contributed by atoms with E-state index in [0.717, 1.165) is 5.56 Å². The summed E-state index contributed by atoms with van der Waals surface area (Å²) in [4.78, 5) is 16.8. The van der Waals surface area contributed by atoms with E-state index in [1.54, 1.807) is 0 Å². The highest BCUT2D eigenvalue weighted by molar-refractivity contribution is 6.38. The maximum atomic E-state index is 12.6. The third kappa shape index (κ3) is 3.93. The quantitative estimate of drug-likeness (QED) is 0.657. The van der Waals surface area contributed by atoms with Crippen molar-refractivity contribution in [2.24, 2.45) is 0 Å². The molecule has 4 rings (SSSR count). The Morgan fingerprint density at radius 2 is 2.04 bits per heavy atom. The van der Waals surface area contributed by atoms with Crippen LogP contribution in [0.2, 0.25) is 10.0 Å². The molecule has 146 valence electrons. The molecule has 3 aromatic rings. The maximum Gasteiger partial charge on any atom is 0.261 e. The zero-order chi connectivity index (χ0) is 19.7. The average Bonchev–Trinajstić information content (AvgIpc) is 3.12.